The molecule has 14 heavy (non-hydrogen) atoms. The molecule has 0 aliphatic carbocycles. The second-order valence-corrected chi connectivity index (χ2v) is 3.17. The molecule has 2 nitrogen and oxygen atoms in total. The van der Waals surface area contributed by atoms with E-state index in [1.807, 2.05) is 20.8 Å². The summed E-state index contributed by atoms with van der Waals surface area (Å²) in [6.07, 6.45) is 0.0102. The Bertz CT molecular complexity index is 297. The van der Waals surface area contributed by atoms with Crippen LogP contribution in [-0.2, 0) is 0 Å². The summed E-state index contributed by atoms with van der Waals surface area (Å²) in [5.74, 6) is 0.274. The van der Waals surface area contributed by atoms with Gasteiger partial charge in [-0.15, -0.1) is 0 Å². The first-order valence-electron chi connectivity index (χ1n) is 4.73. The molecular weight excluding hydrogens is 183 g/mol. The highest BCUT2D eigenvalue weighted by Crippen LogP contribution is 2.30. The Hall–Kier alpha value is -1.25. The molecule has 3 heteroatoms. The van der Waals surface area contributed by atoms with E-state index in [2.05, 4.69) is 0 Å². The van der Waals surface area contributed by atoms with Crippen molar-refractivity contribution >= 4 is 0 Å². The van der Waals surface area contributed by atoms with Crippen molar-refractivity contribution in [3.8, 4) is 11.5 Å². The molecule has 0 saturated heterocycles. The molecular formula is C11H15FO2. The van der Waals surface area contributed by atoms with Gasteiger partial charge < -0.3 is 9.47 Å². The summed E-state index contributed by atoms with van der Waals surface area (Å²) < 4.78 is 23.9. The fourth-order valence-corrected chi connectivity index (χ4v) is 1.12. The van der Waals surface area contributed by atoms with Gasteiger partial charge in [0, 0.05) is 0 Å². The van der Waals surface area contributed by atoms with E-state index in [1.54, 1.807) is 12.1 Å². The molecule has 0 N–H and O–H groups in total. The van der Waals surface area contributed by atoms with E-state index in [0.717, 1.165) is 0 Å². The summed E-state index contributed by atoms with van der Waals surface area (Å²) in [6.45, 7) is 6.02. The van der Waals surface area contributed by atoms with Crippen molar-refractivity contribution in [3.63, 3.8) is 0 Å². The van der Waals surface area contributed by atoms with Gasteiger partial charge >= 0.3 is 0 Å². The normalized spacial score (nSPS) is 10.4. The first-order valence-corrected chi connectivity index (χ1v) is 4.73. The zero-order chi connectivity index (χ0) is 10.6. The molecule has 1 aromatic carbocycles. The fraction of sp³-hybridized carbons (Fsp3) is 0.455. The third-order valence-corrected chi connectivity index (χ3v) is 1.58. The van der Waals surface area contributed by atoms with Crippen molar-refractivity contribution < 1.29 is 13.9 Å². The van der Waals surface area contributed by atoms with E-state index >= 15 is 0 Å². The van der Waals surface area contributed by atoms with Crippen LogP contribution in [0.3, 0.4) is 0 Å². The first kappa shape index (κ1) is 10.8. The molecule has 0 aliphatic rings. The third-order valence-electron chi connectivity index (χ3n) is 1.58. The van der Waals surface area contributed by atoms with Crippen molar-refractivity contribution in [1.82, 2.24) is 0 Å². The maximum absolute atomic E-state index is 13.3. The highest BCUT2D eigenvalue weighted by molar-refractivity contribution is 5.40. The number of hydrogen-bond donors (Lipinski definition) is 0. The summed E-state index contributed by atoms with van der Waals surface area (Å²) in [5, 5.41) is 0. The van der Waals surface area contributed by atoms with Gasteiger partial charge in [0.1, 0.15) is 0 Å². The molecule has 0 amide bonds. The van der Waals surface area contributed by atoms with Gasteiger partial charge in [-0.3, -0.25) is 0 Å². The van der Waals surface area contributed by atoms with E-state index in [-0.39, 0.29) is 17.7 Å². The number of benzene rings is 1. The van der Waals surface area contributed by atoms with Crippen LogP contribution in [0.2, 0.25) is 0 Å². The maximum atomic E-state index is 13.3. The van der Waals surface area contributed by atoms with Crippen molar-refractivity contribution in [2.45, 2.75) is 26.9 Å². The molecule has 0 heterocycles. The lowest BCUT2D eigenvalue weighted by atomic mass is 10.3. The van der Waals surface area contributed by atoms with Gasteiger partial charge in [0.25, 0.3) is 0 Å². The van der Waals surface area contributed by atoms with E-state index in [0.29, 0.717) is 12.4 Å². The molecule has 1 aromatic rings. The summed E-state index contributed by atoms with van der Waals surface area (Å²) >= 11 is 0. The van der Waals surface area contributed by atoms with Crippen LogP contribution >= 0.6 is 0 Å². The first-order chi connectivity index (χ1) is 6.65. The van der Waals surface area contributed by atoms with Crippen LogP contribution in [0.25, 0.3) is 0 Å². The highest BCUT2D eigenvalue weighted by atomic mass is 19.1. The lowest BCUT2D eigenvalue weighted by Gasteiger charge is -2.14. The van der Waals surface area contributed by atoms with Crippen LogP contribution in [0, 0.1) is 5.82 Å². The van der Waals surface area contributed by atoms with Gasteiger partial charge in [-0.2, -0.15) is 0 Å². The van der Waals surface area contributed by atoms with Gasteiger partial charge in [-0.1, -0.05) is 6.07 Å². The van der Waals surface area contributed by atoms with Gasteiger partial charge in [0.2, 0.25) is 0 Å². The molecule has 0 unspecified atom stereocenters. The molecule has 0 aliphatic heterocycles. The van der Waals surface area contributed by atoms with Gasteiger partial charge in [0.15, 0.2) is 17.3 Å². The Kier molecular flexibility index (Phi) is 3.74. The standard InChI is InChI=1S/C11H15FO2/c1-4-13-11-9(12)6-5-7-10(11)14-8(2)3/h5-8H,4H2,1-3H3. The monoisotopic (exact) mass is 198 g/mol. The Labute approximate surface area is 83.6 Å². The van der Waals surface area contributed by atoms with Crippen molar-refractivity contribution in [2.24, 2.45) is 0 Å². The van der Waals surface area contributed by atoms with Crippen LogP contribution in [0.4, 0.5) is 4.39 Å². The Morgan fingerprint density at radius 3 is 2.64 bits per heavy atom. The maximum Gasteiger partial charge on any atom is 0.197 e. The van der Waals surface area contributed by atoms with Crippen molar-refractivity contribution in [2.75, 3.05) is 6.61 Å². The van der Waals surface area contributed by atoms with Gasteiger partial charge in [-0.25, -0.2) is 4.39 Å². The van der Waals surface area contributed by atoms with E-state index in [4.69, 9.17) is 9.47 Å². The van der Waals surface area contributed by atoms with Crippen molar-refractivity contribution in [3.05, 3.63) is 24.0 Å². The topological polar surface area (TPSA) is 18.5 Å². The molecule has 1 rings (SSSR count). The summed E-state index contributed by atoms with van der Waals surface area (Å²) in [5.41, 5.74) is 0. The van der Waals surface area contributed by atoms with Gasteiger partial charge in [-0.05, 0) is 32.9 Å². The second-order valence-electron chi connectivity index (χ2n) is 3.17. The van der Waals surface area contributed by atoms with Crippen LogP contribution in [0.15, 0.2) is 18.2 Å². The SMILES string of the molecule is CCOc1c(F)cccc1OC(C)C. The molecule has 0 saturated carbocycles. The number of rotatable bonds is 4. The van der Waals surface area contributed by atoms with Gasteiger partial charge in [0.05, 0.1) is 12.7 Å². The zero-order valence-corrected chi connectivity index (χ0v) is 8.71. The number of hydrogen-bond acceptors (Lipinski definition) is 2. The number of halogens is 1. The minimum atomic E-state index is -0.384. The molecule has 0 fully saturated rings. The molecule has 0 bridgehead atoms. The largest absolute Gasteiger partial charge is 0.487 e. The second kappa shape index (κ2) is 4.84. The number of ether oxygens (including phenoxy) is 2. The van der Waals surface area contributed by atoms with E-state index in [1.165, 1.54) is 6.07 Å². The summed E-state index contributed by atoms with van der Waals surface area (Å²) in [7, 11) is 0. The lowest BCUT2D eigenvalue weighted by Crippen LogP contribution is -2.08. The molecule has 0 atom stereocenters. The summed E-state index contributed by atoms with van der Waals surface area (Å²) in [4.78, 5) is 0. The summed E-state index contributed by atoms with van der Waals surface area (Å²) in [6, 6.07) is 4.67. The predicted molar refractivity (Wildman–Crippen MR) is 53.3 cm³/mol. The quantitative estimate of drug-likeness (QED) is 0.740. The molecule has 0 aromatic heterocycles. The van der Waals surface area contributed by atoms with E-state index < -0.39 is 0 Å². The van der Waals surface area contributed by atoms with Crippen LogP contribution in [0.5, 0.6) is 11.5 Å². The average molecular weight is 198 g/mol. The third kappa shape index (κ3) is 2.62. The molecule has 0 spiro atoms. The lowest BCUT2D eigenvalue weighted by molar-refractivity contribution is 0.219. The Morgan fingerprint density at radius 2 is 2.07 bits per heavy atom. The minimum absolute atomic E-state index is 0.0102. The average Bonchev–Trinajstić information content (AvgIpc) is 2.10. The van der Waals surface area contributed by atoms with E-state index in [9.17, 15) is 4.39 Å². The fourth-order valence-electron chi connectivity index (χ4n) is 1.12. The zero-order valence-electron chi connectivity index (χ0n) is 8.71. The highest BCUT2D eigenvalue weighted by Gasteiger charge is 2.11. The Morgan fingerprint density at radius 1 is 1.36 bits per heavy atom. The number of para-hydroxylation sites is 1. The van der Waals surface area contributed by atoms with Crippen LogP contribution in [0.1, 0.15) is 20.8 Å². The Balaban J connectivity index is 2.95. The minimum Gasteiger partial charge on any atom is -0.487 e. The van der Waals surface area contributed by atoms with Crippen LogP contribution < -0.4 is 9.47 Å². The molecule has 78 valence electrons. The van der Waals surface area contributed by atoms with Crippen molar-refractivity contribution in [1.29, 1.82) is 0 Å². The van der Waals surface area contributed by atoms with Crippen LogP contribution in [-0.4, -0.2) is 12.7 Å². The molecule has 0 radical (unpaired) electrons. The predicted octanol–water partition coefficient (Wildman–Crippen LogP) is 3.01. The smallest absolute Gasteiger partial charge is 0.197 e.